The Bertz CT molecular complexity index is 868. The molecule has 4 nitrogen and oxygen atoms in total. The van der Waals surface area contributed by atoms with Crippen molar-refractivity contribution in [1.29, 1.82) is 0 Å². The minimum Gasteiger partial charge on any atom is -0.450 e. The highest BCUT2D eigenvalue weighted by Crippen LogP contribution is 2.73. The highest BCUT2D eigenvalue weighted by Gasteiger charge is 2.75. The average Bonchev–Trinajstić information content (AvgIpc) is 2.91. The third kappa shape index (κ3) is 2.76. The zero-order valence-corrected chi connectivity index (χ0v) is 20.7. The van der Waals surface area contributed by atoms with Crippen LogP contribution < -0.4 is 0 Å². The van der Waals surface area contributed by atoms with Gasteiger partial charge in [-0.3, -0.25) is 14.4 Å². The Morgan fingerprint density at radius 2 is 1.90 bits per heavy atom. The van der Waals surface area contributed by atoms with E-state index in [1.165, 1.54) is 0 Å². The number of carbonyl (C=O) groups excluding carboxylic acids is 3. The summed E-state index contributed by atoms with van der Waals surface area (Å²) in [7, 11) is 0. The molecule has 0 bridgehead atoms. The Morgan fingerprint density at radius 3 is 2.52 bits per heavy atom. The van der Waals surface area contributed by atoms with Crippen LogP contribution in [-0.4, -0.2) is 33.4 Å². The van der Waals surface area contributed by atoms with Gasteiger partial charge in [-0.05, 0) is 56.9 Å². The Morgan fingerprint density at radius 1 is 1.23 bits per heavy atom. The van der Waals surface area contributed by atoms with Gasteiger partial charge in [-0.2, -0.15) is 0 Å². The zero-order chi connectivity index (χ0) is 23.0. The van der Waals surface area contributed by atoms with Gasteiger partial charge in [0.25, 0.3) is 0 Å². The van der Waals surface area contributed by atoms with Crippen LogP contribution in [-0.2, 0) is 19.1 Å². The van der Waals surface area contributed by atoms with Crippen molar-refractivity contribution in [1.82, 2.24) is 0 Å². The maximum absolute atomic E-state index is 13.2. The number of halogens is 2. The van der Waals surface area contributed by atoms with Crippen LogP contribution in [0.3, 0.4) is 0 Å². The minimum absolute atomic E-state index is 0.0924. The van der Waals surface area contributed by atoms with Crippen LogP contribution in [0.15, 0.2) is 11.6 Å². The Labute approximate surface area is 195 Å². The zero-order valence-electron chi connectivity index (χ0n) is 19.2. The summed E-state index contributed by atoms with van der Waals surface area (Å²) in [6.07, 6.45) is 6.20. The monoisotopic (exact) mass is 468 g/mol. The van der Waals surface area contributed by atoms with Crippen molar-refractivity contribution in [2.45, 2.75) is 95.4 Å². The van der Waals surface area contributed by atoms with Gasteiger partial charge in [0.1, 0.15) is 0 Å². The van der Waals surface area contributed by atoms with Gasteiger partial charge in [0.05, 0.1) is 10.3 Å². The van der Waals surface area contributed by atoms with Crippen molar-refractivity contribution >= 4 is 40.7 Å². The molecule has 3 saturated carbocycles. The van der Waals surface area contributed by atoms with Crippen LogP contribution in [0.25, 0.3) is 0 Å². The van der Waals surface area contributed by atoms with Crippen molar-refractivity contribution in [2.24, 2.45) is 28.6 Å². The van der Waals surface area contributed by atoms with Crippen molar-refractivity contribution < 1.29 is 19.1 Å². The smallest absolute Gasteiger partial charge is 0.306 e. The maximum atomic E-state index is 13.2. The number of rotatable bonds is 3. The van der Waals surface area contributed by atoms with Gasteiger partial charge in [0.2, 0.25) is 0 Å². The maximum Gasteiger partial charge on any atom is 0.306 e. The van der Waals surface area contributed by atoms with Crippen molar-refractivity contribution in [2.75, 3.05) is 0 Å². The van der Waals surface area contributed by atoms with E-state index in [2.05, 4.69) is 13.8 Å². The van der Waals surface area contributed by atoms with Gasteiger partial charge in [-0.25, -0.2) is 0 Å². The number of hydrogen-bond acceptors (Lipinski definition) is 4. The number of Topliss-reactive ketones (excluding diaryl/α,β-unsaturated/α-hetero) is 1. The van der Waals surface area contributed by atoms with E-state index >= 15 is 0 Å². The molecule has 0 aromatic heterocycles. The molecular formula is C25H34Cl2O4. The Balaban J connectivity index is 1.83. The molecular weight excluding hydrogens is 435 g/mol. The first-order valence-electron chi connectivity index (χ1n) is 11.7. The third-order valence-corrected chi connectivity index (χ3v) is 11.2. The fourth-order valence-corrected chi connectivity index (χ4v) is 9.39. The number of esters is 1. The topological polar surface area (TPSA) is 60.4 Å². The molecule has 0 aliphatic heterocycles. The number of ketones is 2. The molecule has 0 aromatic carbocycles. The van der Waals surface area contributed by atoms with Crippen molar-refractivity contribution in [3.63, 3.8) is 0 Å². The van der Waals surface area contributed by atoms with Crippen LogP contribution in [0.4, 0.5) is 0 Å². The van der Waals surface area contributed by atoms with Gasteiger partial charge >= 0.3 is 5.97 Å². The Hall–Kier alpha value is -0.870. The molecule has 0 radical (unpaired) electrons. The van der Waals surface area contributed by atoms with E-state index in [1.54, 1.807) is 19.9 Å². The molecule has 4 aliphatic rings. The van der Waals surface area contributed by atoms with Crippen LogP contribution in [0.2, 0.25) is 0 Å². The number of alkyl halides is 2. The van der Waals surface area contributed by atoms with E-state index < -0.39 is 21.3 Å². The predicted molar refractivity (Wildman–Crippen MR) is 121 cm³/mol. The summed E-state index contributed by atoms with van der Waals surface area (Å²) in [5, 5.41) is -0.397. The van der Waals surface area contributed by atoms with E-state index in [0.29, 0.717) is 19.3 Å². The van der Waals surface area contributed by atoms with E-state index in [0.717, 1.165) is 24.8 Å². The van der Waals surface area contributed by atoms with Crippen LogP contribution in [0.1, 0.15) is 79.6 Å². The summed E-state index contributed by atoms with van der Waals surface area (Å²) in [6.45, 7) is 9.60. The number of carbonyl (C=O) groups is 3. The standard InChI is InChI=1S/C25H34Cl2O4/c1-6-21(30)31-25(15(3)28)14(2)11-19-18-8-7-16-12-17(29)9-10-22(16,4)24(18,27)20(26)13-23(19,25)5/h12,14,18-20H,6-11,13H2,1-5H3/t14-,18+,19+,20+,22+,23+,24+,25-/m1/s1. The van der Waals surface area contributed by atoms with Gasteiger partial charge in [0, 0.05) is 29.6 Å². The average molecular weight is 469 g/mol. The van der Waals surface area contributed by atoms with Gasteiger partial charge in [-0.1, -0.05) is 33.3 Å². The quantitative estimate of drug-likeness (QED) is 0.397. The summed E-state index contributed by atoms with van der Waals surface area (Å²) in [5.41, 5.74) is -0.953. The second-order valence-electron chi connectivity index (χ2n) is 10.8. The van der Waals surface area contributed by atoms with Gasteiger partial charge in [-0.15, -0.1) is 23.2 Å². The van der Waals surface area contributed by atoms with Gasteiger partial charge in [0.15, 0.2) is 17.2 Å². The largest absolute Gasteiger partial charge is 0.450 e. The van der Waals surface area contributed by atoms with Crippen LogP contribution >= 0.6 is 23.2 Å². The molecule has 4 aliphatic carbocycles. The van der Waals surface area contributed by atoms with E-state index in [4.69, 9.17) is 27.9 Å². The van der Waals surface area contributed by atoms with E-state index in [1.807, 2.05) is 6.92 Å². The Kier molecular flexibility index (Phi) is 5.50. The molecule has 6 heteroatoms. The molecule has 31 heavy (non-hydrogen) atoms. The lowest BCUT2D eigenvalue weighted by molar-refractivity contribution is -0.192. The predicted octanol–water partition coefficient (Wildman–Crippen LogP) is 5.62. The molecule has 8 atom stereocenters. The SMILES string of the molecule is CCC(=O)O[C@@]1(C(C)=O)[C@H](C)C[C@H]2[C@@H]3CCC4=CC(=O)CC[C@]4(C)[C@@]3(Cl)[C@@H](Cl)C[C@@]21C. The molecule has 0 amide bonds. The molecule has 172 valence electrons. The summed E-state index contributed by atoms with van der Waals surface area (Å²) in [6, 6.07) is 0. The summed E-state index contributed by atoms with van der Waals surface area (Å²) >= 11 is 14.8. The summed E-state index contributed by atoms with van der Waals surface area (Å²) in [4.78, 5) is 37.1. The number of ether oxygens (including phenoxy) is 1. The first-order valence-corrected chi connectivity index (χ1v) is 12.5. The van der Waals surface area contributed by atoms with Crippen molar-refractivity contribution in [3.8, 4) is 0 Å². The second-order valence-corrected chi connectivity index (χ2v) is 12.0. The number of hydrogen-bond donors (Lipinski definition) is 0. The molecule has 0 heterocycles. The highest BCUT2D eigenvalue weighted by atomic mass is 35.5. The van der Waals surface area contributed by atoms with E-state index in [-0.39, 0.29) is 47.1 Å². The fourth-order valence-electron chi connectivity index (χ4n) is 8.11. The first-order chi connectivity index (χ1) is 14.4. The fraction of sp³-hybridized carbons (Fsp3) is 0.800. The lowest BCUT2D eigenvalue weighted by Gasteiger charge is -2.65. The molecule has 3 fully saturated rings. The summed E-state index contributed by atoms with van der Waals surface area (Å²) in [5.74, 6) is -0.145. The van der Waals surface area contributed by atoms with Crippen molar-refractivity contribution in [3.05, 3.63) is 11.6 Å². The lowest BCUT2D eigenvalue weighted by Crippen LogP contribution is -2.68. The number of allylic oxidation sites excluding steroid dienone is 1. The molecule has 4 rings (SSSR count). The first kappa shape index (κ1) is 23.3. The normalized spacial score (nSPS) is 48.9. The molecule has 0 N–H and O–H groups in total. The second kappa shape index (κ2) is 7.32. The molecule has 0 saturated heterocycles. The molecule has 0 spiro atoms. The van der Waals surface area contributed by atoms with E-state index in [9.17, 15) is 14.4 Å². The molecule has 0 unspecified atom stereocenters. The number of fused-ring (bicyclic) bond motifs is 5. The highest BCUT2D eigenvalue weighted by molar-refractivity contribution is 6.33. The van der Waals surface area contributed by atoms with Crippen LogP contribution in [0.5, 0.6) is 0 Å². The summed E-state index contributed by atoms with van der Waals surface area (Å²) < 4.78 is 6.05. The van der Waals surface area contributed by atoms with Gasteiger partial charge < -0.3 is 4.74 Å². The van der Waals surface area contributed by atoms with Crippen LogP contribution in [0, 0.1) is 28.6 Å². The minimum atomic E-state index is -1.17. The molecule has 0 aromatic rings. The lowest BCUT2D eigenvalue weighted by atomic mass is 9.45. The third-order valence-electron chi connectivity index (χ3n) is 9.62.